The Hall–Kier alpha value is -0.460. The van der Waals surface area contributed by atoms with Crippen LogP contribution in [-0.4, -0.2) is 16.2 Å². The molecule has 18 heavy (non-hydrogen) atoms. The van der Waals surface area contributed by atoms with Crippen LogP contribution in [0.5, 0.6) is 6.01 Å². The van der Waals surface area contributed by atoms with Crippen molar-refractivity contribution in [1.29, 1.82) is 0 Å². The van der Waals surface area contributed by atoms with Gasteiger partial charge in [-0.15, -0.1) is 11.3 Å². The Balaban J connectivity index is 2.58. The Morgan fingerprint density at radius 3 is 2.89 bits per heavy atom. The molecule has 2 rings (SSSR count). The lowest BCUT2D eigenvalue weighted by molar-refractivity contribution is 0.273. The van der Waals surface area contributed by atoms with E-state index < -0.39 is 0 Å². The molecule has 0 aliphatic rings. The van der Waals surface area contributed by atoms with Crippen molar-refractivity contribution in [2.45, 2.75) is 33.2 Å². The van der Waals surface area contributed by atoms with Gasteiger partial charge in [-0.2, -0.15) is 4.98 Å². The van der Waals surface area contributed by atoms with Crippen LogP contribution >= 0.6 is 39.5 Å². The number of ether oxygens (including phenoxy) is 1. The van der Waals surface area contributed by atoms with Crippen LogP contribution in [0.25, 0.3) is 10.2 Å². The summed E-state index contributed by atoms with van der Waals surface area (Å²) in [6.07, 6.45) is 1.97. The van der Waals surface area contributed by atoms with Gasteiger partial charge in [0.15, 0.2) is 0 Å². The van der Waals surface area contributed by atoms with Crippen LogP contribution in [0, 0.1) is 4.64 Å². The molecule has 0 bridgehead atoms. The summed E-state index contributed by atoms with van der Waals surface area (Å²) in [4.78, 5) is 5.51. The van der Waals surface area contributed by atoms with Crippen molar-refractivity contribution in [3.05, 3.63) is 14.5 Å². The molecule has 0 spiro atoms. The second kappa shape index (κ2) is 6.12. The SMILES string of the molecule is CCCOc1nc2sc(Br)cc2c(=S)n1CCC. The van der Waals surface area contributed by atoms with Crippen molar-refractivity contribution in [3.63, 3.8) is 0 Å². The van der Waals surface area contributed by atoms with Crippen molar-refractivity contribution in [2.24, 2.45) is 0 Å². The largest absolute Gasteiger partial charge is 0.465 e. The maximum Gasteiger partial charge on any atom is 0.298 e. The van der Waals surface area contributed by atoms with Crippen LogP contribution in [0.15, 0.2) is 9.85 Å². The molecule has 3 nitrogen and oxygen atoms in total. The first-order chi connectivity index (χ1) is 8.67. The third-order valence-electron chi connectivity index (χ3n) is 2.47. The Morgan fingerprint density at radius 1 is 1.44 bits per heavy atom. The van der Waals surface area contributed by atoms with E-state index in [9.17, 15) is 0 Å². The standard InChI is InChI=1S/C12H15BrN2OS2/c1-3-5-15-11(17)8-7-9(13)18-10(8)14-12(15)16-6-4-2/h7H,3-6H2,1-2H3. The smallest absolute Gasteiger partial charge is 0.298 e. The molecule has 0 fully saturated rings. The molecule has 98 valence electrons. The van der Waals surface area contributed by atoms with E-state index in [0.717, 1.165) is 38.0 Å². The van der Waals surface area contributed by atoms with Crippen LogP contribution in [-0.2, 0) is 6.54 Å². The fourth-order valence-corrected chi connectivity index (χ4v) is 3.52. The first kappa shape index (κ1) is 14.0. The fraction of sp³-hybridized carbons (Fsp3) is 0.500. The number of rotatable bonds is 5. The summed E-state index contributed by atoms with van der Waals surface area (Å²) in [7, 11) is 0. The van der Waals surface area contributed by atoms with Gasteiger partial charge in [-0.3, -0.25) is 4.57 Å². The van der Waals surface area contributed by atoms with E-state index in [0.29, 0.717) is 12.6 Å². The zero-order valence-corrected chi connectivity index (χ0v) is 13.6. The fourth-order valence-electron chi connectivity index (χ4n) is 1.69. The molecule has 0 saturated heterocycles. The lowest BCUT2D eigenvalue weighted by Crippen LogP contribution is -2.09. The van der Waals surface area contributed by atoms with E-state index in [2.05, 4.69) is 34.8 Å². The minimum atomic E-state index is 0.644. The van der Waals surface area contributed by atoms with Crippen LogP contribution in [0.4, 0.5) is 0 Å². The van der Waals surface area contributed by atoms with Gasteiger partial charge in [0.05, 0.1) is 10.4 Å². The highest BCUT2D eigenvalue weighted by Crippen LogP contribution is 2.31. The van der Waals surface area contributed by atoms with E-state index in [1.165, 1.54) is 0 Å². The molecular formula is C12H15BrN2OS2. The summed E-state index contributed by atoms with van der Waals surface area (Å²) in [5.74, 6) is 0. The van der Waals surface area contributed by atoms with E-state index in [1.807, 2.05) is 10.6 Å². The van der Waals surface area contributed by atoms with Gasteiger partial charge >= 0.3 is 0 Å². The Kier molecular flexibility index (Phi) is 4.75. The van der Waals surface area contributed by atoms with Crippen molar-refractivity contribution in [2.75, 3.05) is 6.61 Å². The van der Waals surface area contributed by atoms with E-state index in [1.54, 1.807) is 11.3 Å². The normalized spacial score (nSPS) is 11.1. The third-order valence-corrected chi connectivity index (χ3v) is 4.44. The molecule has 0 unspecified atom stereocenters. The summed E-state index contributed by atoms with van der Waals surface area (Å²) in [5.41, 5.74) is 0. The molecule has 2 heterocycles. The van der Waals surface area contributed by atoms with Crippen LogP contribution in [0.2, 0.25) is 0 Å². The van der Waals surface area contributed by atoms with Gasteiger partial charge in [-0.1, -0.05) is 26.1 Å². The molecule has 2 aromatic heterocycles. The van der Waals surface area contributed by atoms with E-state index >= 15 is 0 Å². The monoisotopic (exact) mass is 346 g/mol. The summed E-state index contributed by atoms with van der Waals surface area (Å²) in [6, 6.07) is 2.68. The third kappa shape index (κ3) is 2.75. The van der Waals surface area contributed by atoms with E-state index in [-0.39, 0.29) is 0 Å². The predicted molar refractivity (Wildman–Crippen MR) is 82.2 cm³/mol. The molecular weight excluding hydrogens is 332 g/mol. The highest BCUT2D eigenvalue weighted by Gasteiger charge is 2.11. The molecule has 0 radical (unpaired) electrons. The number of hydrogen-bond donors (Lipinski definition) is 0. The number of halogens is 1. The van der Waals surface area contributed by atoms with Crippen molar-refractivity contribution < 1.29 is 4.74 Å². The lowest BCUT2D eigenvalue weighted by Gasteiger charge is -2.12. The molecule has 0 aliphatic carbocycles. The zero-order valence-electron chi connectivity index (χ0n) is 10.4. The van der Waals surface area contributed by atoms with Gasteiger partial charge < -0.3 is 4.74 Å². The summed E-state index contributed by atoms with van der Waals surface area (Å²) >= 11 is 10.6. The first-order valence-corrected chi connectivity index (χ1v) is 8.01. The molecule has 0 aliphatic heterocycles. The average molecular weight is 347 g/mol. The van der Waals surface area contributed by atoms with Crippen molar-refractivity contribution >= 4 is 49.7 Å². The van der Waals surface area contributed by atoms with Crippen LogP contribution in [0.3, 0.4) is 0 Å². The zero-order chi connectivity index (χ0) is 13.1. The molecule has 0 atom stereocenters. The quantitative estimate of drug-likeness (QED) is 0.728. The second-order valence-electron chi connectivity index (χ2n) is 3.97. The average Bonchev–Trinajstić information content (AvgIpc) is 2.72. The van der Waals surface area contributed by atoms with Crippen molar-refractivity contribution in [3.8, 4) is 6.01 Å². The lowest BCUT2D eigenvalue weighted by atomic mass is 10.4. The first-order valence-electron chi connectivity index (χ1n) is 6.00. The number of thiophene rings is 1. The molecule has 0 amide bonds. The highest BCUT2D eigenvalue weighted by atomic mass is 79.9. The number of aromatic nitrogens is 2. The molecule has 2 aromatic rings. The van der Waals surface area contributed by atoms with Gasteiger partial charge in [-0.05, 0) is 34.8 Å². The second-order valence-corrected chi connectivity index (χ2v) is 6.77. The highest BCUT2D eigenvalue weighted by molar-refractivity contribution is 9.11. The maximum atomic E-state index is 5.71. The maximum absolute atomic E-state index is 5.71. The topological polar surface area (TPSA) is 27.1 Å². The van der Waals surface area contributed by atoms with Crippen LogP contribution < -0.4 is 4.74 Å². The number of hydrogen-bond acceptors (Lipinski definition) is 4. The Labute approximate surface area is 124 Å². The van der Waals surface area contributed by atoms with Gasteiger partial charge in [0.2, 0.25) is 0 Å². The minimum Gasteiger partial charge on any atom is -0.465 e. The molecule has 6 heteroatoms. The van der Waals surface area contributed by atoms with E-state index in [4.69, 9.17) is 17.0 Å². The Morgan fingerprint density at radius 2 is 2.22 bits per heavy atom. The minimum absolute atomic E-state index is 0.644. The molecule has 0 N–H and O–H groups in total. The van der Waals surface area contributed by atoms with Gasteiger partial charge in [-0.25, -0.2) is 0 Å². The predicted octanol–water partition coefficient (Wildman–Crippen LogP) is 4.79. The summed E-state index contributed by atoms with van der Waals surface area (Å²) in [6.45, 7) is 5.72. The van der Waals surface area contributed by atoms with Gasteiger partial charge in [0.25, 0.3) is 6.01 Å². The summed E-state index contributed by atoms with van der Waals surface area (Å²) in [5, 5.41) is 1.03. The van der Waals surface area contributed by atoms with Gasteiger partial charge in [0.1, 0.15) is 9.47 Å². The molecule has 0 aromatic carbocycles. The summed E-state index contributed by atoms with van der Waals surface area (Å²) < 4.78 is 9.57. The van der Waals surface area contributed by atoms with Crippen LogP contribution in [0.1, 0.15) is 26.7 Å². The number of fused-ring (bicyclic) bond motifs is 1. The van der Waals surface area contributed by atoms with Crippen molar-refractivity contribution in [1.82, 2.24) is 9.55 Å². The Bertz CT molecular complexity index is 606. The number of nitrogens with zero attached hydrogens (tertiary/aromatic N) is 2. The van der Waals surface area contributed by atoms with Gasteiger partial charge in [0, 0.05) is 11.9 Å². The molecule has 0 saturated carbocycles.